The fraction of sp³-hybridized carbons (Fsp3) is 0.267. The van der Waals surface area contributed by atoms with Crippen molar-refractivity contribution in [3.05, 3.63) is 89.0 Å². The molecule has 2 N–H and O–H groups in total. The SMILES string of the molecule is COc1ccc(CCNC(=O)C(=Cc2ccc(OC)c(OC)c2)C(=O)NCCc2ccc(OC)cc2)cc1. The van der Waals surface area contributed by atoms with Gasteiger partial charge < -0.3 is 29.6 Å². The molecule has 3 rings (SSSR count). The van der Waals surface area contributed by atoms with Crippen LogP contribution in [0.1, 0.15) is 16.7 Å². The molecule has 8 nitrogen and oxygen atoms in total. The number of ether oxygens (including phenoxy) is 4. The van der Waals surface area contributed by atoms with Crippen LogP contribution < -0.4 is 29.6 Å². The Balaban J connectivity index is 1.71. The first-order valence-corrected chi connectivity index (χ1v) is 12.2. The maximum atomic E-state index is 13.1. The minimum atomic E-state index is -0.463. The Labute approximate surface area is 223 Å². The second-order valence-electron chi connectivity index (χ2n) is 8.38. The largest absolute Gasteiger partial charge is 0.497 e. The maximum absolute atomic E-state index is 13.1. The summed E-state index contributed by atoms with van der Waals surface area (Å²) in [5.74, 6) is 1.67. The number of hydrogen-bond acceptors (Lipinski definition) is 6. The Morgan fingerprint density at radius 2 is 1.11 bits per heavy atom. The van der Waals surface area contributed by atoms with Crippen LogP contribution in [0.3, 0.4) is 0 Å². The Morgan fingerprint density at radius 3 is 1.53 bits per heavy atom. The van der Waals surface area contributed by atoms with E-state index < -0.39 is 11.8 Å². The van der Waals surface area contributed by atoms with Crippen LogP contribution in [0.25, 0.3) is 6.08 Å². The van der Waals surface area contributed by atoms with E-state index in [0.717, 1.165) is 22.6 Å². The molecule has 0 saturated heterocycles. The molecule has 0 fully saturated rings. The van der Waals surface area contributed by atoms with Gasteiger partial charge in [0.15, 0.2) is 11.5 Å². The van der Waals surface area contributed by atoms with Crippen LogP contribution in [0.15, 0.2) is 72.3 Å². The van der Waals surface area contributed by atoms with Crippen molar-refractivity contribution >= 4 is 17.9 Å². The highest BCUT2D eigenvalue weighted by Crippen LogP contribution is 2.28. The van der Waals surface area contributed by atoms with Crippen molar-refractivity contribution in [2.75, 3.05) is 41.5 Å². The zero-order chi connectivity index (χ0) is 27.3. The van der Waals surface area contributed by atoms with Crippen molar-refractivity contribution in [1.29, 1.82) is 0 Å². The van der Waals surface area contributed by atoms with Gasteiger partial charge in [0, 0.05) is 13.1 Å². The number of benzene rings is 3. The molecule has 0 aliphatic rings. The van der Waals surface area contributed by atoms with Gasteiger partial charge in [0.25, 0.3) is 11.8 Å². The minimum absolute atomic E-state index is 0.00156. The standard InChI is InChI=1S/C30H34N2O6/c1-35-24-10-5-21(6-11-24)15-17-31-29(33)26(19-23-9-14-27(37-3)28(20-23)38-4)30(34)32-18-16-22-7-12-25(36-2)13-8-22/h5-14,19-20H,15-18H2,1-4H3,(H,31,33)(H,32,34). The minimum Gasteiger partial charge on any atom is -0.497 e. The van der Waals surface area contributed by atoms with Gasteiger partial charge in [-0.2, -0.15) is 0 Å². The molecule has 0 radical (unpaired) electrons. The van der Waals surface area contributed by atoms with Crippen molar-refractivity contribution in [2.45, 2.75) is 12.8 Å². The smallest absolute Gasteiger partial charge is 0.256 e. The van der Waals surface area contributed by atoms with Gasteiger partial charge in [0.05, 0.1) is 28.4 Å². The summed E-state index contributed by atoms with van der Waals surface area (Å²) in [7, 11) is 6.31. The maximum Gasteiger partial charge on any atom is 0.256 e. The summed E-state index contributed by atoms with van der Waals surface area (Å²) in [5.41, 5.74) is 2.72. The fourth-order valence-corrected chi connectivity index (χ4v) is 3.76. The molecule has 2 amide bonds. The monoisotopic (exact) mass is 518 g/mol. The van der Waals surface area contributed by atoms with E-state index in [2.05, 4.69) is 10.6 Å². The van der Waals surface area contributed by atoms with Crippen LogP contribution in [-0.4, -0.2) is 53.3 Å². The summed E-state index contributed by atoms with van der Waals surface area (Å²) >= 11 is 0. The number of methoxy groups -OCH3 is 4. The van der Waals surface area contributed by atoms with Crippen LogP contribution in [0.4, 0.5) is 0 Å². The van der Waals surface area contributed by atoms with E-state index in [1.807, 2.05) is 48.5 Å². The number of carbonyl (C=O) groups is 2. The third-order valence-corrected chi connectivity index (χ3v) is 5.92. The van der Waals surface area contributed by atoms with Gasteiger partial charge in [-0.1, -0.05) is 30.3 Å². The lowest BCUT2D eigenvalue weighted by Crippen LogP contribution is -2.36. The molecule has 3 aromatic carbocycles. The Morgan fingerprint density at radius 1 is 0.632 bits per heavy atom. The topological polar surface area (TPSA) is 95.1 Å². The quantitative estimate of drug-likeness (QED) is 0.203. The highest BCUT2D eigenvalue weighted by molar-refractivity contribution is 6.21. The molecular weight excluding hydrogens is 484 g/mol. The first-order valence-electron chi connectivity index (χ1n) is 12.2. The summed E-state index contributed by atoms with van der Waals surface area (Å²) in [6, 6.07) is 20.5. The summed E-state index contributed by atoms with van der Waals surface area (Å²) in [6.45, 7) is 0.737. The predicted octanol–water partition coefficient (Wildman–Crippen LogP) is 3.82. The number of amides is 2. The first kappa shape index (κ1) is 28.1. The number of nitrogens with one attached hydrogen (secondary N) is 2. The van der Waals surface area contributed by atoms with E-state index in [1.165, 1.54) is 7.11 Å². The average molecular weight is 519 g/mol. The molecular formula is C30H34N2O6. The molecule has 0 aromatic heterocycles. The molecule has 0 spiro atoms. The lowest BCUT2D eigenvalue weighted by Gasteiger charge is -2.12. The van der Waals surface area contributed by atoms with Crippen molar-refractivity contribution in [1.82, 2.24) is 10.6 Å². The van der Waals surface area contributed by atoms with Crippen LogP contribution in [0.5, 0.6) is 23.0 Å². The highest BCUT2D eigenvalue weighted by Gasteiger charge is 2.18. The van der Waals surface area contributed by atoms with Gasteiger partial charge in [0.2, 0.25) is 0 Å². The molecule has 200 valence electrons. The molecule has 8 heteroatoms. The first-order chi connectivity index (χ1) is 18.5. The normalized spacial score (nSPS) is 10.2. The zero-order valence-corrected chi connectivity index (χ0v) is 22.2. The van der Waals surface area contributed by atoms with E-state index >= 15 is 0 Å². The van der Waals surface area contributed by atoms with E-state index in [-0.39, 0.29) is 5.57 Å². The Kier molecular flexibility index (Phi) is 10.6. The van der Waals surface area contributed by atoms with Gasteiger partial charge in [0.1, 0.15) is 17.1 Å². The number of carbonyl (C=O) groups excluding carboxylic acids is 2. The third kappa shape index (κ3) is 8.03. The van der Waals surface area contributed by atoms with Crippen molar-refractivity contribution < 1.29 is 28.5 Å². The Bertz CT molecular complexity index is 1170. The van der Waals surface area contributed by atoms with Crippen molar-refractivity contribution in [2.24, 2.45) is 0 Å². The van der Waals surface area contributed by atoms with E-state index in [1.54, 1.807) is 45.6 Å². The molecule has 0 saturated carbocycles. The molecule has 0 heterocycles. The van der Waals surface area contributed by atoms with Crippen LogP contribution in [0, 0.1) is 0 Å². The summed E-state index contributed by atoms with van der Waals surface area (Å²) in [6.07, 6.45) is 2.77. The molecule has 0 bridgehead atoms. The molecule has 0 aliphatic carbocycles. The summed E-state index contributed by atoms with van der Waals surface area (Å²) < 4.78 is 21.0. The lowest BCUT2D eigenvalue weighted by molar-refractivity contribution is -0.123. The highest BCUT2D eigenvalue weighted by atomic mass is 16.5. The zero-order valence-electron chi connectivity index (χ0n) is 22.2. The van der Waals surface area contributed by atoms with Crippen LogP contribution in [0.2, 0.25) is 0 Å². The molecule has 0 aliphatic heterocycles. The summed E-state index contributed by atoms with van der Waals surface area (Å²) in [5, 5.41) is 5.73. The second-order valence-corrected chi connectivity index (χ2v) is 8.38. The van der Waals surface area contributed by atoms with E-state index in [4.69, 9.17) is 18.9 Å². The average Bonchev–Trinajstić information content (AvgIpc) is 2.96. The fourth-order valence-electron chi connectivity index (χ4n) is 3.76. The van der Waals surface area contributed by atoms with E-state index in [9.17, 15) is 9.59 Å². The van der Waals surface area contributed by atoms with Gasteiger partial charge >= 0.3 is 0 Å². The number of hydrogen-bond donors (Lipinski definition) is 2. The van der Waals surface area contributed by atoms with Gasteiger partial charge in [-0.05, 0) is 72.0 Å². The predicted molar refractivity (Wildman–Crippen MR) is 147 cm³/mol. The molecule has 38 heavy (non-hydrogen) atoms. The number of rotatable bonds is 13. The van der Waals surface area contributed by atoms with Crippen LogP contribution >= 0.6 is 0 Å². The van der Waals surface area contributed by atoms with Gasteiger partial charge in [-0.15, -0.1) is 0 Å². The summed E-state index contributed by atoms with van der Waals surface area (Å²) in [4.78, 5) is 26.3. The van der Waals surface area contributed by atoms with Gasteiger partial charge in [-0.25, -0.2) is 0 Å². The van der Waals surface area contributed by atoms with Crippen molar-refractivity contribution in [3.8, 4) is 23.0 Å². The third-order valence-electron chi connectivity index (χ3n) is 5.92. The Hall–Kier alpha value is -4.46. The molecule has 3 aromatic rings. The van der Waals surface area contributed by atoms with Crippen LogP contribution in [-0.2, 0) is 22.4 Å². The lowest BCUT2D eigenvalue weighted by atomic mass is 10.1. The molecule has 0 atom stereocenters. The van der Waals surface area contributed by atoms with E-state index in [0.29, 0.717) is 43.0 Å². The van der Waals surface area contributed by atoms with Gasteiger partial charge in [-0.3, -0.25) is 9.59 Å². The second kappa shape index (κ2) is 14.3. The molecule has 0 unspecified atom stereocenters. The van der Waals surface area contributed by atoms with Crippen molar-refractivity contribution in [3.63, 3.8) is 0 Å².